The summed E-state index contributed by atoms with van der Waals surface area (Å²) < 4.78 is 4.99. The van der Waals surface area contributed by atoms with E-state index in [1.165, 1.54) is 0 Å². The second kappa shape index (κ2) is 9.25. The number of hydrogen-bond donors (Lipinski definition) is 1. The maximum absolute atomic E-state index is 12.6. The average Bonchev–Trinajstić information content (AvgIpc) is 2.61. The van der Waals surface area contributed by atoms with Gasteiger partial charge in [-0.05, 0) is 31.4 Å². The molecule has 1 fully saturated rings. The fourth-order valence-corrected chi connectivity index (χ4v) is 2.63. The minimum Gasteiger partial charge on any atom is -0.450 e. The van der Waals surface area contributed by atoms with Gasteiger partial charge in [-0.1, -0.05) is 13.8 Å². The van der Waals surface area contributed by atoms with E-state index in [4.69, 9.17) is 4.74 Å². The number of aromatic nitrogens is 1. The Morgan fingerprint density at radius 1 is 1.24 bits per heavy atom. The van der Waals surface area contributed by atoms with Gasteiger partial charge >= 0.3 is 6.09 Å². The zero-order valence-corrected chi connectivity index (χ0v) is 15.3. The molecule has 0 spiro atoms. The van der Waals surface area contributed by atoms with Crippen LogP contribution in [0.25, 0.3) is 0 Å². The summed E-state index contributed by atoms with van der Waals surface area (Å²) in [6, 6.07) is 3.66. The molecule has 0 bridgehead atoms. The van der Waals surface area contributed by atoms with Crippen LogP contribution in [0.3, 0.4) is 0 Å². The molecular formula is C18H28N4O3. The quantitative estimate of drug-likeness (QED) is 0.855. The van der Waals surface area contributed by atoms with Gasteiger partial charge in [0.2, 0.25) is 0 Å². The van der Waals surface area contributed by atoms with Gasteiger partial charge in [0.1, 0.15) is 5.69 Å². The number of pyridine rings is 1. The van der Waals surface area contributed by atoms with Crippen LogP contribution in [0, 0.1) is 5.92 Å². The standard InChI is InChI=1S/C18H28N4O3/c1-4-25-18(24)22-11-9-21(10-12-22)17(23)16-13-15(6-8-20-16)19-7-5-14(2)3/h6,8,13-14H,4-5,7,9-12H2,1-3H3,(H,19,20). The third kappa shape index (κ3) is 5.62. The summed E-state index contributed by atoms with van der Waals surface area (Å²) in [5.74, 6) is 0.530. The van der Waals surface area contributed by atoms with E-state index in [0.29, 0.717) is 44.4 Å². The molecule has 7 nitrogen and oxygen atoms in total. The molecule has 2 rings (SSSR count). The smallest absolute Gasteiger partial charge is 0.409 e. The fraction of sp³-hybridized carbons (Fsp3) is 0.611. The lowest BCUT2D eigenvalue weighted by Gasteiger charge is -2.33. The SMILES string of the molecule is CCOC(=O)N1CCN(C(=O)c2cc(NCCC(C)C)ccn2)CC1. The first-order valence-corrected chi connectivity index (χ1v) is 8.92. The van der Waals surface area contributed by atoms with Crippen molar-refractivity contribution < 1.29 is 14.3 Å². The van der Waals surface area contributed by atoms with Crippen molar-refractivity contribution in [1.29, 1.82) is 0 Å². The maximum Gasteiger partial charge on any atom is 0.409 e. The second-order valence-electron chi connectivity index (χ2n) is 6.52. The zero-order chi connectivity index (χ0) is 18.2. The lowest BCUT2D eigenvalue weighted by molar-refractivity contribution is 0.0566. The largest absolute Gasteiger partial charge is 0.450 e. The lowest BCUT2D eigenvalue weighted by atomic mass is 10.1. The van der Waals surface area contributed by atoms with E-state index in [1.54, 1.807) is 29.0 Å². The van der Waals surface area contributed by atoms with Crippen molar-refractivity contribution in [3.05, 3.63) is 24.0 Å². The van der Waals surface area contributed by atoms with Gasteiger partial charge in [0.05, 0.1) is 6.61 Å². The van der Waals surface area contributed by atoms with Crippen molar-refractivity contribution >= 4 is 17.7 Å². The van der Waals surface area contributed by atoms with Crippen LogP contribution in [0.15, 0.2) is 18.3 Å². The van der Waals surface area contributed by atoms with Crippen LogP contribution in [-0.4, -0.2) is 66.1 Å². The highest BCUT2D eigenvalue weighted by Crippen LogP contribution is 2.13. The van der Waals surface area contributed by atoms with Crippen LogP contribution < -0.4 is 5.32 Å². The van der Waals surface area contributed by atoms with Gasteiger partial charge < -0.3 is 19.9 Å². The topological polar surface area (TPSA) is 74.8 Å². The first-order chi connectivity index (χ1) is 12.0. The Balaban J connectivity index is 1.89. The number of hydrogen-bond acceptors (Lipinski definition) is 5. The predicted molar refractivity (Wildman–Crippen MR) is 96.7 cm³/mol. The molecule has 25 heavy (non-hydrogen) atoms. The Morgan fingerprint density at radius 3 is 2.56 bits per heavy atom. The number of rotatable bonds is 6. The molecule has 1 aliphatic rings. The van der Waals surface area contributed by atoms with Crippen LogP contribution in [0.2, 0.25) is 0 Å². The molecule has 1 N–H and O–H groups in total. The van der Waals surface area contributed by atoms with Crippen molar-refractivity contribution in [3.63, 3.8) is 0 Å². The fourth-order valence-electron chi connectivity index (χ4n) is 2.63. The van der Waals surface area contributed by atoms with E-state index < -0.39 is 0 Å². The molecule has 1 aliphatic heterocycles. The van der Waals surface area contributed by atoms with Crippen molar-refractivity contribution in [3.8, 4) is 0 Å². The van der Waals surface area contributed by atoms with Gasteiger partial charge in [0, 0.05) is 44.6 Å². The van der Waals surface area contributed by atoms with Gasteiger partial charge in [-0.25, -0.2) is 4.79 Å². The summed E-state index contributed by atoms with van der Waals surface area (Å²) in [5, 5.41) is 3.33. The van der Waals surface area contributed by atoms with E-state index in [0.717, 1.165) is 18.7 Å². The zero-order valence-electron chi connectivity index (χ0n) is 15.3. The molecule has 1 aromatic rings. The van der Waals surface area contributed by atoms with E-state index in [-0.39, 0.29) is 12.0 Å². The van der Waals surface area contributed by atoms with E-state index >= 15 is 0 Å². The number of nitrogens with zero attached hydrogens (tertiary/aromatic N) is 3. The lowest BCUT2D eigenvalue weighted by Crippen LogP contribution is -2.50. The van der Waals surface area contributed by atoms with Crippen LogP contribution in [-0.2, 0) is 4.74 Å². The number of ether oxygens (including phenoxy) is 1. The van der Waals surface area contributed by atoms with Gasteiger partial charge in [-0.3, -0.25) is 9.78 Å². The number of piperazine rings is 1. The van der Waals surface area contributed by atoms with Gasteiger partial charge in [0.25, 0.3) is 5.91 Å². The summed E-state index contributed by atoms with van der Waals surface area (Å²) >= 11 is 0. The molecule has 1 aromatic heterocycles. The summed E-state index contributed by atoms with van der Waals surface area (Å²) in [4.78, 5) is 31.9. The molecule has 2 amide bonds. The highest BCUT2D eigenvalue weighted by molar-refractivity contribution is 5.93. The molecule has 0 unspecified atom stereocenters. The second-order valence-corrected chi connectivity index (χ2v) is 6.52. The van der Waals surface area contributed by atoms with Crippen molar-refractivity contribution in [2.45, 2.75) is 27.2 Å². The Hall–Kier alpha value is -2.31. The average molecular weight is 348 g/mol. The third-order valence-corrected chi connectivity index (χ3v) is 4.12. The Bertz CT molecular complexity index is 583. The number of amides is 2. The van der Waals surface area contributed by atoms with E-state index in [2.05, 4.69) is 24.1 Å². The number of carbonyl (C=O) groups is 2. The van der Waals surface area contributed by atoms with Gasteiger partial charge in [-0.2, -0.15) is 0 Å². The minimum atomic E-state index is -0.316. The Kier molecular flexibility index (Phi) is 7.03. The summed E-state index contributed by atoms with van der Waals surface area (Å²) in [6.07, 6.45) is 2.41. The van der Waals surface area contributed by atoms with Gasteiger partial charge in [0.15, 0.2) is 0 Å². The highest BCUT2D eigenvalue weighted by atomic mass is 16.6. The molecule has 0 saturated carbocycles. The first-order valence-electron chi connectivity index (χ1n) is 8.92. The first kappa shape index (κ1) is 19.0. The number of anilines is 1. The van der Waals surface area contributed by atoms with E-state index in [9.17, 15) is 9.59 Å². The molecule has 0 aromatic carbocycles. The number of carbonyl (C=O) groups excluding carboxylic acids is 2. The normalized spacial score (nSPS) is 14.6. The monoisotopic (exact) mass is 348 g/mol. The summed E-state index contributed by atoms with van der Waals surface area (Å²) in [7, 11) is 0. The van der Waals surface area contributed by atoms with Crippen molar-refractivity contribution in [2.24, 2.45) is 5.92 Å². The summed E-state index contributed by atoms with van der Waals surface area (Å²) in [6.45, 7) is 9.32. The van der Waals surface area contributed by atoms with Crippen molar-refractivity contribution in [2.75, 3.05) is 44.6 Å². The van der Waals surface area contributed by atoms with Crippen LogP contribution in [0.5, 0.6) is 0 Å². The molecular weight excluding hydrogens is 320 g/mol. The molecule has 0 radical (unpaired) electrons. The number of nitrogens with one attached hydrogen (secondary N) is 1. The summed E-state index contributed by atoms with van der Waals surface area (Å²) in [5.41, 5.74) is 1.34. The molecule has 1 saturated heterocycles. The highest BCUT2D eigenvalue weighted by Gasteiger charge is 2.26. The Labute approximate surface area is 149 Å². The minimum absolute atomic E-state index is 0.101. The van der Waals surface area contributed by atoms with E-state index in [1.807, 2.05) is 6.07 Å². The van der Waals surface area contributed by atoms with Crippen LogP contribution >= 0.6 is 0 Å². The van der Waals surface area contributed by atoms with Crippen LogP contribution in [0.4, 0.5) is 10.5 Å². The maximum atomic E-state index is 12.6. The predicted octanol–water partition coefficient (Wildman–Crippen LogP) is 2.45. The van der Waals surface area contributed by atoms with Gasteiger partial charge in [-0.15, -0.1) is 0 Å². The van der Waals surface area contributed by atoms with Crippen LogP contribution in [0.1, 0.15) is 37.7 Å². The Morgan fingerprint density at radius 2 is 1.92 bits per heavy atom. The third-order valence-electron chi connectivity index (χ3n) is 4.12. The molecule has 7 heteroatoms. The molecule has 0 aliphatic carbocycles. The molecule has 0 atom stereocenters. The molecule has 2 heterocycles. The molecule has 138 valence electrons. The van der Waals surface area contributed by atoms with Crippen molar-refractivity contribution in [1.82, 2.24) is 14.8 Å².